The number of aromatic carboxylic acids is 1. The van der Waals surface area contributed by atoms with E-state index in [1.807, 2.05) is 0 Å². The number of carbonyl (C=O) groups excluding carboxylic acids is 1. The zero-order valence-corrected chi connectivity index (χ0v) is 16.7. The summed E-state index contributed by atoms with van der Waals surface area (Å²) in [6.07, 6.45) is 3.08. The van der Waals surface area contributed by atoms with Crippen LogP contribution in [0.1, 0.15) is 26.5 Å². The summed E-state index contributed by atoms with van der Waals surface area (Å²) in [5.74, 6) is 0.521. The van der Waals surface area contributed by atoms with Crippen LogP contribution in [0.2, 0.25) is 0 Å². The van der Waals surface area contributed by atoms with Crippen molar-refractivity contribution >= 4 is 17.8 Å². The Morgan fingerprint density at radius 3 is 2.07 bits per heavy atom. The van der Waals surface area contributed by atoms with Gasteiger partial charge in [0.05, 0.1) is 21.3 Å². The third-order valence-corrected chi connectivity index (χ3v) is 4.42. The number of methoxy groups -OCH3 is 3. The molecule has 0 fully saturated rings. The third-order valence-electron chi connectivity index (χ3n) is 4.42. The fraction of sp³-hybridized carbons (Fsp3) is 0.130. The van der Waals surface area contributed by atoms with Crippen LogP contribution in [0.15, 0.2) is 59.0 Å². The van der Waals surface area contributed by atoms with Crippen molar-refractivity contribution in [3.05, 3.63) is 71.5 Å². The molecule has 0 radical (unpaired) electrons. The smallest absolute Gasteiger partial charge is 0.371 e. The molecule has 0 saturated carbocycles. The topological polar surface area (TPSA) is 95.2 Å². The molecule has 1 aromatic heterocycles. The number of furan rings is 1. The van der Waals surface area contributed by atoms with E-state index in [-0.39, 0.29) is 11.5 Å². The molecule has 0 amide bonds. The van der Waals surface area contributed by atoms with Gasteiger partial charge in [-0.05, 0) is 30.4 Å². The molecule has 0 unspecified atom stereocenters. The summed E-state index contributed by atoms with van der Waals surface area (Å²) in [6, 6.07) is 13.1. The first-order valence-corrected chi connectivity index (χ1v) is 8.92. The van der Waals surface area contributed by atoms with Gasteiger partial charge in [-0.2, -0.15) is 0 Å². The zero-order chi connectivity index (χ0) is 21.7. The molecule has 7 heteroatoms. The second-order valence-electron chi connectivity index (χ2n) is 6.19. The number of ether oxygens (including phenoxy) is 3. The Hall–Kier alpha value is -4.00. The number of benzene rings is 2. The van der Waals surface area contributed by atoms with Crippen LogP contribution in [0, 0.1) is 0 Å². The van der Waals surface area contributed by atoms with Crippen LogP contribution < -0.4 is 14.2 Å². The van der Waals surface area contributed by atoms with Gasteiger partial charge in [-0.1, -0.05) is 24.3 Å². The molecule has 1 N–H and O–H groups in total. The van der Waals surface area contributed by atoms with Crippen LogP contribution in [0.25, 0.3) is 17.4 Å². The highest BCUT2D eigenvalue weighted by Crippen LogP contribution is 2.35. The lowest BCUT2D eigenvalue weighted by Gasteiger charge is -2.12. The first-order chi connectivity index (χ1) is 14.5. The lowest BCUT2D eigenvalue weighted by molar-refractivity contribution is 0.0663. The normalized spacial score (nSPS) is 10.8. The Kier molecular flexibility index (Phi) is 6.22. The molecule has 0 atom stereocenters. The molecule has 0 bridgehead atoms. The largest absolute Gasteiger partial charge is 0.496 e. The molecule has 2 aromatic carbocycles. The second kappa shape index (κ2) is 9.00. The zero-order valence-electron chi connectivity index (χ0n) is 16.7. The molecule has 1 heterocycles. The van der Waals surface area contributed by atoms with Gasteiger partial charge in [0.1, 0.15) is 11.5 Å². The number of ketones is 1. The Morgan fingerprint density at radius 1 is 0.867 bits per heavy atom. The maximum Gasteiger partial charge on any atom is 0.371 e. The van der Waals surface area contributed by atoms with E-state index in [2.05, 4.69) is 0 Å². The summed E-state index contributed by atoms with van der Waals surface area (Å²) in [5, 5.41) is 8.94. The van der Waals surface area contributed by atoms with Crippen molar-refractivity contribution in [1.82, 2.24) is 0 Å². The minimum atomic E-state index is -1.14. The molecule has 0 aliphatic rings. The molecular weight excluding hydrogens is 388 g/mol. The van der Waals surface area contributed by atoms with Gasteiger partial charge >= 0.3 is 5.97 Å². The lowest BCUT2D eigenvalue weighted by atomic mass is 10.1. The first-order valence-electron chi connectivity index (χ1n) is 8.92. The van der Waals surface area contributed by atoms with Gasteiger partial charge in [-0.25, -0.2) is 4.79 Å². The second-order valence-corrected chi connectivity index (χ2v) is 6.19. The van der Waals surface area contributed by atoms with Crippen LogP contribution in [-0.4, -0.2) is 38.2 Å². The highest BCUT2D eigenvalue weighted by Gasteiger charge is 2.12. The summed E-state index contributed by atoms with van der Waals surface area (Å²) in [6.45, 7) is 0. The highest BCUT2D eigenvalue weighted by atomic mass is 16.5. The Morgan fingerprint density at radius 2 is 1.50 bits per heavy atom. The van der Waals surface area contributed by atoms with Gasteiger partial charge in [-0.3, -0.25) is 4.79 Å². The van der Waals surface area contributed by atoms with Crippen LogP contribution in [0.4, 0.5) is 0 Å². The molecule has 154 valence electrons. The van der Waals surface area contributed by atoms with E-state index in [9.17, 15) is 9.59 Å². The molecular formula is C23H20O7. The number of allylic oxidation sites excluding steroid dienone is 1. The first kappa shape index (κ1) is 20.7. The molecule has 0 aliphatic carbocycles. The average molecular weight is 408 g/mol. The maximum absolute atomic E-state index is 12.6. The molecule has 0 spiro atoms. The van der Waals surface area contributed by atoms with Crippen molar-refractivity contribution in [2.24, 2.45) is 0 Å². The van der Waals surface area contributed by atoms with Gasteiger partial charge in [-0.15, -0.1) is 0 Å². The highest BCUT2D eigenvalue weighted by molar-refractivity contribution is 6.07. The molecule has 0 saturated heterocycles. The molecule has 30 heavy (non-hydrogen) atoms. The van der Waals surface area contributed by atoms with Gasteiger partial charge in [0.25, 0.3) is 0 Å². The quantitative estimate of drug-likeness (QED) is 0.431. The Bertz CT molecular complexity index is 1090. The predicted molar refractivity (Wildman–Crippen MR) is 111 cm³/mol. The molecule has 0 aliphatic heterocycles. The number of carbonyl (C=O) groups is 2. The third kappa shape index (κ3) is 4.35. The minimum Gasteiger partial charge on any atom is -0.496 e. The lowest BCUT2D eigenvalue weighted by Crippen LogP contribution is -1.96. The SMILES string of the molecule is COc1cc(OC)c(OC)cc1/C=C/C(=O)c1ccc(-c2ccc(C(=O)O)o2)cc1. The monoisotopic (exact) mass is 408 g/mol. The Balaban J connectivity index is 1.80. The van der Waals surface area contributed by atoms with E-state index < -0.39 is 5.97 Å². The van der Waals surface area contributed by atoms with Crippen LogP contribution >= 0.6 is 0 Å². The van der Waals surface area contributed by atoms with E-state index in [0.717, 1.165) is 0 Å². The van der Waals surface area contributed by atoms with Crippen molar-refractivity contribution < 1.29 is 33.3 Å². The molecule has 7 nitrogen and oxygen atoms in total. The van der Waals surface area contributed by atoms with Crippen LogP contribution in [-0.2, 0) is 0 Å². The van der Waals surface area contributed by atoms with E-state index >= 15 is 0 Å². The van der Waals surface area contributed by atoms with Crippen molar-refractivity contribution in [3.63, 3.8) is 0 Å². The standard InChI is InChI=1S/C23H20O7/c1-27-20-13-22(29-3)21(28-2)12-16(20)8-9-17(24)14-4-6-15(7-5-14)18-10-11-19(30-18)23(25)26/h4-13H,1-3H3,(H,25,26)/b9-8+. The van der Waals surface area contributed by atoms with Crippen LogP contribution in [0.5, 0.6) is 17.2 Å². The van der Waals surface area contributed by atoms with Crippen molar-refractivity contribution in [1.29, 1.82) is 0 Å². The summed E-state index contributed by atoms with van der Waals surface area (Å²) in [4.78, 5) is 23.5. The number of carboxylic acids is 1. The number of carboxylic acid groups (broad SMARTS) is 1. The van der Waals surface area contributed by atoms with Gasteiger partial charge in [0, 0.05) is 22.8 Å². The number of hydrogen-bond donors (Lipinski definition) is 1. The van der Waals surface area contributed by atoms with E-state index in [4.69, 9.17) is 23.7 Å². The van der Waals surface area contributed by atoms with E-state index in [1.54, 1.807) is 48.5 Å². The fourth-order valence-electron chi connectivity index (χ4n) is 2.85. The van der Waals surface area contributed by atoms with Crippen molar-refractivity contribution in [2.45, 2.75) is 0 Å². The van der Waals surface area contributed by atoms with Gasteiger partial charge in [0.2, 0.25) is 5.76 Å². The summed E-state index contributed by atoms with van der Waals surface area (Å²) in [7, 11) is 4.59. The van der Waals surface area contributed by atoms with E-state index in [0.29, 0.717) is 39.7 Å². The summed E-state index contributed by atoms with van der Waals surface area (Å²) >= 11 is 0. The molecule has 3 aromatic rings. The fourth-order valence-corrected chi connectivity index (χ4v) is 2.85. The number of hydrogen-bond acceptors (Lipinski definition) is 6. The van der Waals surface area contributed by atoms with Gasteiger partial charge < -0.3 is 23.7 Å². The van der Waals surface area contributed by atoms with Crippen molar-refractivity contribution in [3.8, 4) is 28.6 Å². The minimum absolute atomic E-state index is 0.142. The molecule has 3 rings (SSSR count). The van der Waals surface area contributed by atoms with E-state index in [1.165, 1.54) is 33.5 Å². The number of rotatable bonds is 8. The summed E-state index contributed by atoms with van der Waals surface area (Å²) < 4.78 is 21.2. The maximum atomic E-state index is 12.6. The van der Waals surface area contributed by atoms with Crippen LogP contribution in [0.3, 0.4) is 0 Å². The summed E-state index contributed by atoms with van der Waals surface area (Å²) in [5.41, 5.74) is 1.81. The predicted octanol–water partition coefficient (Wildman–Crippen LogP) is 4.57. The Labute approximate surface area is 173 Å². The van der Waals surface area contributed by atoms with Gasteiger partial charge in [0.15, 0.2) is 17.3 Å². The average Bonchev–Trinajstić information content (AvgIpc) is 3.27. The van der Waals surface area contributed by atoms with Crippen molar-refractivity contribution in [2.75, 3.05) is 21.3 Å².